The molecule has 3 heterocycles. The molecular formula is C15H25N5. The van der Waals surface area contributed by atoms with Gasteiger partial charge in [-0.05, 0) is 32.0 Å². The molecule has 110 valence electrons. The van der Waals surface area contributed by atoms with Crippen LogP contribution in [0.1, 0.15) is 12.8 Å². The summed E-state index contributed by atoms with van der Waals surface area (Å²) >= 11 is 0. The minimum absolute atomic E-state index is 0.737. The number of anilines is 2. The van der Waals surface area contributed by atoms with Gasteiger partial charge in [-0.2, -0.15) is 0 Å². The molecule has 0 amide bonds. The molecule has 0 aliphatic carbocycles. The zero-order valence-corrected chi connectivity index (χ0v) is 12.3. The molecule has 2 aliphatic heterocycles. The van der Waals surface area contributed by atoms with Crippen molar-refractivity contribution in [1.29, 1.82) is 0 Å². The van der Waals surface area contributed by atoms with Crippen LogP contribution in [-0.4, -0.2) is 67.1 Å². The average Bonchev–Trinajstić information content (AvgIpc) is 2.49. The lowest BCUT2D eigenvalue weighted by atomic mass is 10.0. The van der Waals surface area contributed by atoms with Gasteiger partial charge < -0.3 is 15.5 Å². The highest BCUT2D eigenvalue weighted by Crippen LogP contribution is 2.22. The minimum atomic E-state index is 0.737. The maximum atomic E-state index is 5.70. The van der Waals surface area contributed by atoms with Gasteiger partial charge in [-0.1, -0.05) is 0 Å². The summed E-state index contributed by atoms with van der Waals surface area (Å²) in [4.78, 5) is 11.9. The summed E-state index contributed by atoms with van der Waals surface area (Å²) in [6.45, 7) is 7.07. The van der Waals surface area contributed by atoms with Gasteiger partial charge in [0.1, 0.15) is 5.82 Å². The highest BCUT2D eigenvalue weighted by atomic mass is 15.3. The van der Waals surface area contributed by atoms with Crippen LogP contribution >= 0.6 is 0 Å². The molecule has 0 saturated carbocycles. The number of nitrogen functional groups attached to an aromatic ring is 1. The van der Waals surface area contributed by atoms with Crippen molar-refractivity contribution in [2.45, 2.75) is 18.9 Å². The second kappa shape index (κ2) is 5.97. The molecule has 5 heteroatoms. The SMILES string of the molecule is CN1CCN(C2CCN(c3ccc(N)cn3)CC2)CC1. The number of aromatic nitrogens is 1. The number of likely N-dealkylation sites (N-methyl/N-ethyl adjacent to an activating group) is 1. The van der Waals surface area contributed by atoms with E-state index in [1.54, 1.807) is 6.20 Å². The summed E-state index contributed by atoms with van der Waals surface area (Å²) in [6, 6.07) is 4.73. The van der Waals surface area contributed by atoms with Crippen molar-refractivity contribution < 1.29 is 0 Å². The van der Waals surface area contributed by atoms with Crippen LogP contribution in [0, 0.1) is 0 Å². The molecule has 2 N–H and O–H groups in total. The number of nitrogens with zero attached hydrogens (tertiary/aromatic N) is 4. The summed E-state index contributed by atoms with van der Waals surface area (Å²) in [6.07, 6.45) is 4.24. The van der Waals surface area contributed by atoms with Crippen molar-refractivity contribution in [1.82, 2.24) is 14.8 Å². The van der Waals surface area contributed by atoms with Gasteiger partial charge >= 0.3 is 0 Å². The molecule has 20 heavy (non-hydrogen) atoms. The average molecular weight is 275 g/mol. The van der Waals surface area contributed by atoms with Crippen molar-refractivity contribution in [3.05, 3.63) is 18.3 Å². The Balaban J connectivity index is 1.53. The highest BCUT2D eigenvalue weighted by Gasteiger charge is 2.26. The van der Waals surface area contributed by atoms with E-state index in [-0.39, 0.29) is 0 Å². The summed E-state index contributed by atoms with van der Waals surface area (Å²) in [5.41, 5.74) is 6.43. The Morgan fingerprint density at radius 3 is 2.35 bits per heavy atom. The van der Waals surface area contributed by atoms with E-state index in [9.17, 15) is 0 Å². The van der Waals surface area contributed by atoms with Gasteiger partial charge in [0.2, 0.25) is 0 Å². The molecule has 2 fully saturated rings. The van der Waals surface area contributed by atoms with Crippen LogP contribution in [0.3, 0.4) is 0 Å². The second-order valence-corrected chi connectivity index (χ2v) is 6.01. The summed E-state index contributed by atoms with van der Waals surface area (Å²) in [5, 5.41) is 0. The van der Waals surface area contributed by atoms with Crippen molar-refractivity contribution >= 4 is 11.5 Å². The molecule has 1 aromatic heterocycles. The minimum Gasteiger partial charge on any atom is -0.397 e. The van der Waals surface area contributed by atoms with Crippen LogP contribution in [0.25, 0.3) is 0 Å². The molecule has 0 unspecified atom stereocenters. The lowest BCUT2D eigenvalue weighted by molar-refractivity contribution is 0.0981. The topological polar surface area (TPSA) is 48.6 Å². The van der Waals surface area contributed by atoms with Crippen molar-refractivity contribution in [3.63, 3.8) is 0 Å². The van der Waals surface area contributed by atoms with Gasteiger partial charge in [0.25, 0.3) is 0 Å². The Kier molecular flexibility index (Phi) is 4.08. The number of pyridine rings is 1. The van der Waals surface area contributed by atoms with Gasteiger partial charge in [-0.25, -0.2) is 4.98 Å². The number of hydrogen-bond donors (Lipinski definition) is 1. The standard InChI is InChI=1S/C15H25N5/c1-18-8-10-19(11-9-18)14-4-6-20(7-5-14)15-3-2-13(16)12-17-15/h2-3,12,14H,4-11,16H2,1H3. The molecule has 0 bridgehead atoms. The van der Waals surface area contributed by atoms with Gasteiger partial charge in [-0.3, -0.25) is 4.90 Å². The van der Waals surface area contributed by atoms with E-state index in [1.165, 1.54) is 39.0 Å². The monoisotopic (exact) mass is 275 g/mol. The van der Waals surface area contributed by atoms with Gasteiger partial charge in [0.05, 0.1) is 11.9 Å². The maximum Gasteiger partial charge on any atom is 0.128 e. The third-order valence-corrected chi connectivity index (χ3v) is 4.61. The fraction of sp³-hybridized carbons (Fsp3) is 0.667. The van der Waals surface area contributed by atoms with Gasteiger partial charge in [-0.15, -0.1) is 0 Å². The van der Waals surface area contributed by atoms with E-state index in [2.05, 4.69) is 26.7 Å². The van der Waals surface area contributed by atoms with Crippen LogP contribution < -0.4 is 10.6 Å². The lowest BCUT2D eigenvalue weighted by Gasteiger charge is -2.42. The van der Waals surface area contributed by atoms with Crippen molar-refractivity contribution in [3.8, 4) is 0 Å². The van der Waals surface area contributed by atoms with Crippen LogP contribution in [0.5, 0.6) is 0 Å². The molecule has 0 radical (unpaired) electrons. The molecule has 0 aromatic carbocycles. The molecule has 2 saturated heterocycles. The number of hydrogen-bond acceptors (Lipinski definition) is 5. The van der Waals surface area contributed by atoms with Gasteiger partial charge in [0.15, 0.2) is 0 Å². The molecule has 2 aliphatic rings. The number of piperidine rings is 1. The zero-order valence-electron chi connectivity index (χ0n) is 12.3. The fourth-order valence-corrected chi connectivity index (χ4v) is 3.23. The van der Waals surface area contributed by atoms with Crippen LogP contribution in [0.15, 0.2) is 18.3 Å². The summed E-state index contributed by atoms with van der Waals surface area (Å²) in [7, 11) is 2.21. The van der Waals surface area contributed by atoms with Crippen molar-refractivity contribution in [2.75, 3.05) is 56.9 Å². The van der Waals surface area contributed by atoms with E-state index >= 15 is 0 Å². The third-order valence-electron chi connectivity index (χ3n) is 4.61. The summed E-state index contributed by atoms with van der Waals surface area (Å²) in [5.74, 6) is 1.07. The first kappa shape index (κ1) is 13.6. The largest absolute Gasteiger partial charge is 0.397 e. The number of rotatable bonds is 2. The Labute approximate surface area is 121 Å². The first-order valence-corrected chi connectivity index (χ1v) is 7.61. The first-order valence-electron chi connectivity index (χ1n) is 7.61. The summed E-state index contributed by atoms with van der Waals surface area (Å²) < 4.78 is 0. The van der Waals surface area contributed by atoms with E-state index in [0.29, 0.717) is 0 Å². The second-order valence-electron chi connectivity index (χ2n) is 6.01. The van der Waals surface area contributed by atoms with E-state index in [1.807, 2.05) is 12.1 Å². The lowest BCUT2D eigenvalue weighted by Crippen LogP contribution is -2.52. The van der Waals surface area contributed by atoms with Crippen molar-refractivity contribution in [2.24, 2.45) is 0 Å². The molecule has 0 atom stereocenters. The van der Waals surface area contributed by atoms with Crippen LogP contribution in [-0.2, 0) is 0 Å². The van der Waals surface area contributed by atoms with E-state index in [4.69, 9.17) is 5.73 Å². The Hall–Kier alpha value is -1.33. The number of piperazine rings is 1. The molecular weight excluding hydrogens is 250 g/mol. The maximum absolute atomic E-state index is 5.70. The van der Waals surface area contributed by atoms with Crippen LogP contribution in [0.4, 0.5) is 11.5 Å². The van der Waals surface area contributed by atoms with E-state index in [0.717, 1.165) is 30.6 Å². The Morgan fingerprint density at radius 1 is 1.05 bits per heavy atom. The molecule has 0 spiro atoms. The molecule has 3 rings (SSSR count). The highest BCUT2D eigenvalue weighted by molar-refractivity contribution is 5.46. The third kappa shape index (κ3) is 3.04. The normalized spacial score (nSPS) is 23.1. The first-order chi connectivity index (χ1) is 9.72. The Morgan fingerprint density at radius 2 is 1.75 bits per heavy atom. The fourth-order valence-electron chi connectivity index (χ4n) is 3.23. The Bertz CT molecular complexity index is 416. The number of nitrogens with two attached hydrogens (primary N) is 1. The van der Waals surface area contributed by atoms with Gasteiger partial charge in [0, 0.05) is 45.3 Å². The predicted molar refractivity (Wildman–Crippen MR) is 83.0 cm³/mol. The predicted octanol–water partition coefficient (Wildman–Crippen LogP) is 0.880. The molecule has 5 nitrogen and oxygen atoms in total. The zero-order chi connectivity index (χ0) is 13.9. The molecule has 1 aromatic rings. The van der Waals surface area contributed by atoms with Crippen LogP contribution in [0.2, 0.25) is 0 Å². The smallest absolute Gasteiger partial charge is 0.128 e. The van der Waals surface area contributed by atoms with E-state index < -0.39 is 0 Å². The quantitative estimate of drug-likeness (QED) is 0.868.